The number of imidazole rings is 1. The quantitative estimate of drug-likeness (QED) is 0.838. The van der Waals surface area contributed by atoms with Crippen LogP contribution in [0.15, 0.2) is 24.8 Å². The van der Waals surface area contributed by atoms with Gasteiger partial charge in [0.1, 0.15) is 0 Å². The molecule has 0 unspecified atom stereocenters. The van der Waals surface area contributed by atoms with Crippen molar-refractivity contribution in [1.82, 2.24) is 24.6 Å². The first-order chi connectivity index (χ1) is 8.66. The van der Waals surface area contributed by atoms with E-state index in [1.807, 2.05) is 30.5 Å². The van der Waals surface area contributed by atoms with E-state index in [-0.39, 0.29) is 0 Å². The lowest BCUT2D eigenvalue weighted by atomic mass is 10.3. The highest BCUT2D eigenvalue weighted by atomic mass is 15.3. The summed E-state index contributed by atoms with van der Waals surface area (Å²) >= 11 is 0. The molecule has 0 amide bonds. The average molecular weight is 247 g/mol. The fraction of sp³-hybridized carbons (Fsp3) is 0.538. The van der Waals surface area contributed by atoms with Crippen molar-refractivity contribution in [2.45, 2.75) is 39.4 Å². The van der Waals surface area contributed by atoms with Crippen molar-refractivity contribution in [2.75, 3.05) is 0 Å². The van der Waals surface area contributed by atoms with Crippen LogP contribution < -0.4 is 5.32 Å². The molecule has 5 heteroatoms. The van der Waals surface area contributed by atoms with E-state index < -0.39 is 0 Å². The monoisotopic (exact) mass is 247 g/mol. The maximum atomic E-state index is 4.22. The van der Waals surface area contributed by atoms with E-state index in [0.29, 0.717) is 6.04 Å². The van der Waals surface area contributed by atoms with Gasteiger partial charge in [0.25, 0.3) is 0 Å². The number of hydrogen-bond acceptors (Lipinski definition) is 3. The van der Waals surface area contributed by atoms with Crippen molar-refractivity contribution in [2.24, 2.45) is 7.05 Å². The first-order valence-corrected chi connectivity index (χ1v) is 6.36. The van der Waals surface area contributed by atoms with E-state index in [1.54, 1.807) is 0 Å². The standard InChI is InChI=1S/C13H21N5/c1-11(2)15-9-13-8-14-10-18(13)7-5-12-4-6-16-17(12)3/h4,6,8,10-11,15H,5,7,9H2,1-3H3. The van der Waals surface area contributed by atoms with Gasteiger partial charge in [0, 0.05) is 50.7 Å². The highest BCUT2D eigenvalue weighted by Gasteiger charge is 2.04. The molecule has 1 N–H and O–H groups in total. The molecule has 0 saturated heterocycles. The maximum Gasteiger partial charge on any atom is 0.0948 e. The van der Waals surface area contributed by atoms with Crippen LogP contribution in [0.2, 0.25) is 0 Å². The molecular formula is C13H21N5. The summed E-state index contributed by atoms with van der Waals surface area (Å²) in [6, 6.07) is 2.55. The zero-order valence-corrected chi connectivity index (χ0v) is 11.3. The molecule has 2 rings (SSSR count). The molecule has 0 radical (unpaired) electrons. The first-order valence-electron chi connectivity index (χ1n) is 6.36. The summed E-state index contributed by atoms with van der Waals surface area (Å²) in [5, 5.41) is 7.59. The minimum Gasteiger partial charge on any atom is -0.333 e. The second-order valence-corrected chi connectivity index (χ2v) is 4.81. The van der Waals surface area contributed by atoms with Crippen molar-refractivity contribution in [3.8, 4) is 0 Å². The summed E-state index contributed by atoms with van der Waals surface area (Å²) in [4.78, 5) is 4.22. The van der Waals surface area contributed by atoms with Gasteiger partial charge in [-0.05, 0) is 6.07 Å². The van der Waals surface area contributed by atoms with E-state index >= 15 is 0 Å². The van der Waals surface area contributed by atoms with Gasteiger partial charge in [0.05, 0.1) is 12.0 Å². The third-order valence-corrected chi connectivity index (χ3v) is 3.02. The van der Waals surface area contributed by atoms with Crippen LogP contribution in [-0.2, 0) is 26.6 Å². The summed E-state index contributed by atoms with van der Waals surface area (Å²) < 4.78 is 4.12. The van der Waals surface area contributed by atoms with Gasteiger partial charge in [0.15, 0.2) is 0 Å². The second-order valence-electron chi connectivity index (χ2n) is 4.81. The van der Waals surface area contributed by atoms with Gasteiger partial charge in [-0.15, -0.1) is 0 Å². The lowest BCUT2D eigenvalue weighted by molar-refractivity contribution is 0.549. The van der Waals surface area contributed by atoms with E-state index in [0.717, 1.165) is 19.5 Å². The van der Waals surface area contributed by atoms with Gasteiger partial charge >= 0.3 is 0 Å². The molecule has 0 bridgehead atoms. The van der Waals surface area contributed by atoms with Crippen molar-refractivity contribution >= 4 is 0 Å². The zero-order chi connectivity index (χ0) is 13.0. The van der Waals surface area contributed by atoms with Crippen LogP contribution in [0.1, 0.15) is 25.2 Å². The highest BCUT2D eigenvalue weighted by Crippen LogP contribution is 2.04. The lowest BCUT2D eigenvalue weighted by Gasteiger charge is -2.11. The molecule has 2 aromatic rings. The van der Waals surface area contributed by atoms with Crippen LogP contribution in [-0.4, -0.2) is 25.4 Å². The normalized spacial score (nSPS) is 11.3. The molecule has 0 aromatic carbocycles. The largest absolute Gasteiger partial charge is 0.333 e. The van der Waals surface area contributed by atoms with Gasteiger partial charge in [-0.1, -0.05) is 13.8 Å². The third kappa shape index (κ3) is 3.20. The molecule has 0 aliphatic carbocycles. The Morgan fingerprint density at radius 3 is 2.83 bits per heavy atom. The molecule has 2 heterocycles. The van der Waals surface area contributed by atoms with Crippen LogP contribution in [0.25, 0.3) is 0 Å². The van der Waals surface area contributed by atoms with Crippen LogP contribution in [0.5, 0.6) is 0 Å². The van der Waals surface area contributed by atoms with Crippen molar-refractivity contribution in [3.05, 3.63) is 36.2 Å². The van der Waals surface area contributed by atoms with Crippen LogP contribution >= 0.6 is 0 Å². The number of aryl methyl sites for hydroxylation is 3. The fourth-order valence-corrected chi connectivity index (χ4v) is 1.89. The number of nitrogens with one attached hydrogen (secondary N) is 1. The van der Waals surface area contributed by atoms with Crippen molar-refractivity contribution in [1.29, 1.82) is 0 Å². The van der Waals surface area contributed by atoms with E-state index in [9.17, 15) is 0 Å². The first kappa shape index (κ1) is 12.8. The Hall–Kier alpha value is -1.62. The Bertz CT molecular complexity index is 483. The maximum absolute atomic E-state index is 4.22. The molecule has 98 valence electrons. The van der Waals surface area contributed by atoms with E-state index in [1.165, 1.54) is 11.4 Å². The fourth-order valence-electron chi connectivity index (χ4n) is 1.89. The van der Waals surface area contributed by atoms with Gasteiger partial charge in [-0.25, -0.2) is 4.98 Å². The highest BCUT2D eigenvalue weighted by molar-refractivity contribution is 5.02. The molecule has 0 spiro atoms. The van der Waals surface area contributed by atoms with Crippen molar-refractivity contribution in [3.63, 3.8) is 0 Å². The van der Waals surface area contributed by atoms with Crippen LogP contribution in [0, 0.1) is 0 Å². The Morgan fingerprint density at radius 2 is 2.17 bits per heavy atom. The number of hydrogen-bond donors (Lipinski definition) is 1. The molecule has 0 fully saturated rings. The SMILES string of the molecule is CC(C)NCc1cncn1CCc1ccnn1C. The summed E-state index contributed by atoms with van der Waals surface area (Å²) in [5.41, 5.74) is 2.47. The summed E-state index contributed by atoms with van der Waals surface area (Å²) in [7, 11) is 1.98. The van der Waals surface area contributed by atoms with Gasteiger partial charge in [-0.3, -0.25) is 4.68 Å². The topological polar surface area (TPSA) is 47.7 Å². The molecule has 2 aromatic heterocycles. The smallest absolute Gasteiger partial charge is 0.0948 e. The average Bonchev–Trinajstić information content (AvgIpc) is 2.92. The molecule has 0 saturated carbocycles. The summed E-state index contributed by atoms with van der Waals surface area (Å²) in [6.45, 7) is 6.10. The zero-order valence-electron chi connectivity index (χ0n) is 11.3. The predicted octanol–water partition coefficient (Wildman–Crippen LogP) is 1.36. The molecule has 0 aliphatic rings. The Kier molecular flexibility index (Phi) is 4.15. The van der Waals surface area contributed by atoms with Gasteiger partial charge in [0.2, 0.25) is 0 Å². The van der Waals surface area contributed by atoms with E-state index in [4.69, 9.17) is 0 Å². The number of aromatic nitrogens is 4. The molecule has 0 atom stereocenters. The second kappa shape index (κ2) is 5.82. The Balaban J connectivity index is 1.93. The minimum atomic E-state index is 0.491. The Morgan fingerprint density at radius 1 is 1.33 bits per heavy atom. The lowest BCUT2D eigenvalue weighted by Crippen LogP contribution is -2.23. The number of rotatable bonds is 6. The van der Waals surface area contributed by atoms with Crippen LogP contribution in [0.4, 0.5) is 0 Å². The van der Waals surface area contributed by atoms with Gasteiger partial charge < -0.3 is 9.88 Å². The molecule has 18 heavy (non-hydrogen) atoms. The summed E-state index contributed by atoms with van der Waals surface area (Å²) in [6.07, 6.45) is 6.64. The predicted molar refractivity (Wildman–Crippen MR) is 71.1 cm³/mol. The Labute approximate surface area is 108 Å². The van der Waals surface area contributed by atoms with Crippen molar-refractivity contribution < 1.29 is 0 Å². The summed E-state index contributed by atoms with van der Waals surface area (Å²) in [5.74, 6) is 0. The number of nitrogens with zero attached hydrogens (tertiary/aromatic N) is 4. The van der Waals surface area contributed by atoms with Crippen LogP contribution in [0.3, 0.4) is 0 Å². The minimum absolute atomic E-state index is 0.491. The molecule has 0 aliphatic heterocycles. The third-order valence-electron chi connectivity index (χ3n) is 3.02. The van der Waals surface area contributed by atoms with Gasteiger partial charge in [-0.2, -0.15) is 5.10 Å². The molecule has 5 nitrogen and oxygen atoms in total. The van der Waals surface area contributed by atoms with E-state index in [2.05, 4.69) is 39.9 Å². The molecular weight excluding hydrogens is 226 g/mol.